The first-order valence-corrected chi connectivity index (χ1v) is 6.64. The Morgan fingerprint density at radius 3 is 2.50 bits per heavy atom. The molecule has 5 nitrogen and oxygen atoms in total. The molecule has 0 bridgehead atoms. The number of urea groups is 1. The number of anilines is 1. The molecule has 3 N–H and O–H groups in total. The van der Waals surface area contributed by atoms with Crippen molar-refractivity contribution < 1.29 is 18.0 Å². The Balaban J connectivity index is 1.97. The molecule has 0 aliphatic rings. The van der Waals surface area contributed by atoms with Gasteiger partial charge in [-0.15, -0.1) is 0 Å². The Morgan fingerprint density at radius 2 is 2.00 bits per heavy atom. The van der Waals surface area contributed by atoms with Gasteiger partial charge in [-0.2, -0.15) is 13.2 Å². The van der Waals surface area contributed by atoms with Gasteiger partial charge in [-0.05, 0) is 30.7 Å². The second-order valence-electron chi connectivity index (χ2n) is 4.61. The Bertz CT molecular complexity index is 608. The topological polar surface area (TPSA) is 69.8 Å². The largest absolute Gasteiger partial charge is 0.416 e. The van der Waals surface area contributed by atoms with Crippen LogP contribution in [0.1, 0.15) is 30.8 Å². The van der Waals surface area contributed by atoms with E-state index in [1.165, 1.54) is 12.1 Å². The van der Waals surface area contributed by atoms with Gasteiger partial charge in [0, 0.05) is 18.1 Å². The SMILES string of the molecule is CC[C@H](NC(=O)Nc1ccc(C(F)(F)F)cc1)c1ncc[nH]1. The van der Waals surface area contributed by atoms with Crippen LogP contribution in [0.2, 0.25) is 0 Å². The molecule has 0 spiro atoms. The first kappa shape index (κ1) is 15.9. The van der Waals surface area contributed by atoms with Gasteiger partial charge >= 0.3 is 12.2 Å². The summed E-state index contributed by atoms with van der Waals surface area (Å²) in [7, 11) is 0. The van der Waals surface area contributed by atoms with Gasteiger partial charge in [0.25, 0.3) is 0 Å². The summed E-state index contributed by atoms with van der Waals surface area (Å²) < 4.78 is 37.3. The number of aromatic nitrogens is 2. The third kappa shape index (κ3) is 4.00. The maximum absolute atomic E-state index is 12.4. The molecule has 0 aliphatic carbocycles. The normalized spacial score (nSPS) is 12.7. The van der Waals surface area contributed by atoms with Crippen molar-refractivity contribution in [1.29, 1.82) is 0 Å². The highest BCUT2D eigenvalue weighted by Gasteiger charge is 2.30. The molecular weight excluding hydrogens is 297 g/mol. The van der Waals surface area contributed by atoms with Gasteiger partial charge in [0.2, 0.25) is 0 Å². The lowest BCUT2D eigenvalue weighted by molar-refractivity contribution is -0.137. The molecule has 0 unspecified atom stereocenters. The van der Waals surface area contributed by atoms with Gasteiger partial charge in [-0.3, -0.25) is 0 Å². The summed E-state index contributed by atoms with van der Waals surface area (Å²) in [6, 6.07) is 3.43. The van der Waals surface area contributed by atoms with Crippen LogP contribution >= 0.6 is 0 Å². The number of hydrogen-bond donors (Lipinski definition) is 3. The third-order valence-corrected chi connectivity index (χ3v) is 3.03. The van der Waals surface area contributed by atoms with Crippen molar-refractivity contribution in [3.05, 3.63) is 48.0 Å². The van der Waals surface area contributed by atoms with E-state index in [4.69, 9.17) is 0 Å². The molecule has 0 saturated carbocycles. The second-order valence-corrected chi connectivity index (χ2v) is 4.61. The molecule has 22 heavy (non-hydrogen) atoms. The van der Waals surface area contributed by atoms with Crippen molar-refractivity contribution in [2.75, 3.05) is 5.32 Å². The summed E-state index contributed by atoms with van der Waals surface area (Å²) in [4.78, 5) is 18.8. The van der Waals surface area contributed by atoms with E-state index in [2.05, 4.69) is 20.6 Å². The number of benzene rings is 1. The molecule has 0 saturated heterocycles. The fraction of sp³-hybridized carbons (Fsp3) is 0.286. The predicted molar refractivity (Wildman–Crippen MR) is 75.2 cm³/mol. The third-order valence-electron chi connectivity index (χ3n) is 3.03. The number of nitrogens with one attached hydrogen (secondary N) is 3. The maximum atomic E-state index is 12.4. The van der Waals surface area contributed by atoms with E-state index in [9.17, 15) is 18.0 Å². The molecule has 2 amide bonds. The van der Waals surface area contributed by atoms with E-state index in [1.807, 2.05) is 6.92 Å². The lowest BCUT2D eigenvalue weighted by atomic mass is 10.2. The Morgan fingerprint density at radius 1 is 1.32 bits per heavy atom. The lowest BCUT2D eigenvalue weighted by Crippen LogP contribution is -2.32. The van der Waals surface area contributed by atoms with Crippen LogP contribution in [0, 0.1) is 0 Å². The molecule has 118 valence electrons. The average molecular weight is 312 g/mol. The highest BCUT2D eigenvalue weighted by molar-refractivity contribution is 5.89. The van der Waals surface area contributed by atoms with Crippen molar-refractivity contribution in [2.45, 2.75) is 25.6 Å². The zero-order chi connectivity index (χ0) is 16.2. The molecule has 1 aromatic heterocycles. The number of H-pyrrole nitrogens is 1. The van der Waals surface area contributed by atoms with Crippen LogP contribution in [-0.2, 0) is 6.18 Å². The monoisotopic (exact) mass is 312 g/mol. The van der Waals surface area contributed by atoms with Crippen LogP contribution in [0.25, 0.3) is 0 Å². The highest BCUT2D eigenvalue weighted by atomic mass is 19.4. The molecule has 1 aromatic carbocycles. The van der Waals surface area contributed by atoms with E-state index >= 15 is 0 Å². The molecule has 0 radical (unpaired) electrons. The minimum atomic E-state index is -4.40. The smallest absolute Gasteiger partial charge is 0.347 e. The van der Waals surface area contributed by atoms with E-state index in [-0.39, 0.29) is 11.7 Å². The molecule has 2 rings (SSSR count). The molecule has 1 heterocycles. The fourth-order valence-electron chi connectivity index (χ4n) is 1.90. The van der Waals surface area contributed by atoms with Gasteiger partial charge in [0.15, 0.2) is 0 Å². The van der Waals surface area contributed by atoms with Crippen molar-refractivity contribution in [1.82, 2.24) is 15.3 Å². The summed E-state index contributed by atoms with van der Waals surface area (Å²) in [6.07, 6.45) is -0.553. The number of halogens is 3. The summed E-state index contributed by atoms with van der Waals surface area (Å²) in [5, 5.41) is 5.18. The van der Waals surface area contributed by atoms with Crippen LogP contribution in [0.15, 0.2) is 36.7 Å². The zero-order valence-electron chi connectivity index (χ0n) is 11.7. The number of imidazole rings is 1. The van der Waals surface area contributed by atoms with Gasteiger partial charge in [0.05, 0.1) is 11.6 Å². The van der Waals surface area contributed by atoms with Gasteiger partial charge in [-0.25, -0.2) is 9.78 Å². The highest BCUT2D eigenvalue weighted by Crippen LogP contribution is 2.29. The average Bonchev–Trinajstić information content (AvgIpc) is 2.98. The molecule has 2 aromatic rings. The lowest BCUT2D eigenvalue weighted by Gasteiger charge is -2.15. The Hall–Kier alpha value is -2.51. The van der Waals surface area contributed by atoms with Crippen LogP contribution in [0.3, 0.4) is 0 Å². The van der Waals surface area contributed by atoms with E-state index in [0.717, 1.165) is 12.1 Å². The molecule has 0 aliphatic heterocycles. The summed E-state index contributed by atoms with van der Waals surface area (Å²) in [6.45, 7) is 1.88. The number of aromatic amines is 1. The second kappa shape index (κ2) is 6.50. The Labute approximate surface area is 124 Å². The number of alkyl halides is 3. The molecular formula is C14H15F3N4O. The van der Waals surface area contributed by atoms with Crippen LogP contribution < -0.4 is 10.6 Å². The summed E-state index contributed by atoms with van der Waals surface area (Å²) in [5.74, 6) is 0.616. The first-order valence-electron chi connectivity index (χ1n) is 6.64. The molecule has 8 heteroatoms. The number of rotatable bonds is 4. The van der Waals surface area contributed by atoms with Crippen LogP contribution in [-0.4, -0.2) is 16.0 Å². The van der Waals surface area contributed by atoms with Crippen molar-refractivity contribution in [3.8, 4) is 0 Å². The van der Waals surface area contributed by atoms with Crippen molar-refractivity contribution in [3.63, 3.8) is 0 Å². The van der Waals surface area contributed by atoms with Gasteiger partial charge in [0.1, 0.15) is 5.82 Å². The number of nitrogens with zero attached hydrogens (tertiary/aromatic N) is 1. The minimum absolute atomic E-state index is 0.278. The van der Waals surface area contributed by atoms with Crippen LogP contribution in [0.4, 0.5) is 23.7 Å². The van der Waals surface area contributed by atoms with Crippen LogP contribution in [0.5, 0.6) is 0 Å². The summed E-state index contributed by atoms with van der Waals surface area (Å²) in [5.41, 5.74) is -0.486. The Kier molecular flexibility index (Phi) is 4.69. The quantitative estimate of drug-likeness (QED) is 0.805. The van der Waals surface area contributed by atoms with Gasteiger partial charge < -0.3 is 15.6 Å². The molecule has 1 atom stereocenters. The maximum Gasteiger partial charge on any atom is 0.416 e. The van der Waals surface area contributed by atoms with E-state index in [1.54, 1.807) is 12.4 Å². The van der Waals surface area contributed by atoms with E-state index < -0.39 is 17.8 Å². The number of hydrogen-bond acceptors (Lipinski definition) is 2. The number of carbonyl (C=O) groups is 1. The number of carbonyl (C=O) groups excluding carboxylic acids is 1. The molecule has 0 fully saturated rings. The zero-order valence-corrected chi connectivity index (χ0v) is 11.7. The first-order chi connectivity index (χ1) is 10.4. The van der Waals surface area contributed by atoms with Gasteiger partial charge in [-0.1, -0.05) is 6.92 Å². The fourth-order valence-corrected chi connectivity index (χ4v) is 1.90. The standard InChI is InChI=1S/C14H15F3N4O/c1-2-11(12-18-7-8-19-12)21-13(22)20-10-5-3-9(4-6-10)14(15,16)17/h3-8,11H,2H2,1H3,(H,18,19)(H2,20,21,22)/t11-/m0/s1. The van der Waals surface area contributed by atoms with Crippen molar-refractivity contribution in [2.24, 2.45) is 0 Å². The summed E-state index contributed by atoms with van der Waals surface area (Å²) >= 11 is 0. The predicted octanol–water partition coefficient (Wildman–Crippen LogP) is 3.70. The number of amides is 2. The van der Waals surface area contributed by atoms with E-state index in [0.29, 0.717) is 12.2 Å². The van der Waals surface area contributed by atoms with Crippen molar-refractivity contribution >= 4 is 11.7 Å². The minimum Gasteiger partial charge on any atom is -0.347 e.